The third kappa shape index (κ3) is 2.58. The van der Waals surface area contributed by atoms with E-state index in [2.05, 4.69) is 55.4 Å². The fourth-order valence-corrected chi connectivity index (χ4v) is 2.89. The van der Waals surface area contributed by atoms with E-state index in [1.165, 1.54) is 11.1 Å². The van der Waals surface area contributed by atoms with Gasteiger partial charge in [-0.1, -0.05) is 60.1 Å². The summed E-state index contributed by atoms with van der Waals surface area (Å²) in [7, 11) is 0. The predicted octanol–water partition coefficient (Wildman–Crippen LogP) is 5.43. The van der Waals surface area contributed by atoms with Gasteiger partial charge in [0.05, 0.1) is 5.52 Å². The van der Waals surface area contributed by atoms with Crippen LogP contribution in [0.1, 0.15) is 18.1 Å². The summed E-state index contributed by atoms with van der Waals surface area (Å²) in [4.78, 5) is 4.80. The zero-order chi connectivity index (χ0) is 16.5. The molecule has 2 heterocycles. The van der Waals surface area contributed by atoms with Gasteiger partial charge in [-0.15, -0.1) is 0 Å². The number of nitrogens with zero attached hydrogens (tertiary/aromatic N) is 2. The number of benzene rings is 2. The highest BCUT2D eigenvalue weighted by Gasteiger charge is 2.14. The summed E-state index contributed by atoms with van der Waals surface area (Å²) < 4.78 is 5.61. The number of para-hydroxylation sites is 1. The second kappa shape index (κ2) is 5.93. The highest BCUT2D eigenvalue weighted by Crippen LogP contribution is 2.29. The Hall–Kier alpha value is -2.94. The van der Waals surface area contributed by atoms with Crippen molar-refractivity contribution in [2.75, 3.05) is 0 Å². The van der Waals surface area contributed by atoms with Crippen LogP contribution in [-0.4, -0.2) is 10.1 Å². The Morgan fingerprint density at radius 1 is 0.958 bits per heavy atom. The second-order valence-corrected chi connectivity index (χ2v) is 5.98. The molecule has 0 aliphatic rings. The molecule has 0 fully saturated rings. The average Bonchev–Trinajstić information content (AvgIpc) is 3.11. The summed E-state index contributed by atoms with van der Waals surface area (Å²) in [5, 5.41) is 5.38. The summed E-state index contributed by atoms with van der Waals surface area (Å²) in [5.41, 5.74) is 6.13. The molecule has 2 aromatic carbocycles. The van der Waals surface area contributed by atoms with E-state index in [9.17, 15) is 0 Å². The molecule has 4 rings (SSSR count). The van der Waals surface area contributed by atoms with Crippen molar-refractivity contribution in [3.63, 3.8) is 0 Å². The lowest BCUT2D eigenvalue weighted by Crippen LogP contribution is -1.92. The molecule has 2 aromatic heterocycles. The van der Waals surface area contributed by atoms with E-state index in [0.717, 1.165) is 34.3 Å². The van der Waals surface area contributed by atoms with E-state index >= 15 is 0 Å². The fourth-order valence-electron chi connectivity index (χ4n) is 2.89. The largest absolute Gasteiger partial charge is 0.354 e. The zero-order valence-corrected chi connectivity index (χ0v) is 13.8. The second-order valence-electron chi connectivity index (χ2n) is 5.98. The normalized spacial score (nSPS) is 11.1. The van der Waals surface area contributed by atoms with Gasteiger partial charge in [0.25, 0.3) is 0 Å². The van der Waals surface area contributed by atoms with Gasteiger partial charge in [0.2, 0.25) is 0 Å². The van der Waals surface area contributed by atoms with E-state index in [1.807, 2.05) is 24.3 Å². The van der Waals surface area contributed by atoms with Crippen molar-refractivity contribution in [3.8, 4) is 22.7 Å². The van der Waals surface area contributed by atoms with Crippen molar-refractivity contribution in [1.82, 2.24) is 10.1 Å². The number of aryl methyl sites for hydroxylation is 2. The Kier molecular flexibility index (Phi) is 3.62. The molecular formula is C21H18N2O. The van der Waals surface area contributed by atoms with Crippen LogP contribution < -0.4 is 0 Å². The molecule has 3 heteroatoms. The van der Waals surface area contributed by atoms with E-state index in [1.54, 1.807) is 0 Å². The Balaban J connectivity index is 1.81. The minimum Gasteiger partial charge on any atom is -0.354 e. The van der Waals surface area contributed by atoms with E-state index in [-0.39, 0.29) is 0 Å². The first-order valence-corrected chi connectivity index (χ1v) is 8.17. The smallest absolute Gasteiger partial charge is 0.186 e. The summed E-state index contributed by atoms with van der Waals surface area (Å²) in [5.74, 6) is 0.716. The highest BCUT2D eigenvalue weighted by atomic mass is 16.5. The maximum atomic E-state index is 5.61. The van der Waals surface area contributed by atoms with Gasteiger partial charge in [-0.3, -0.25) is 0 Å². The molecule has 0 saturated heterocycles. The minimum absolute atomic E-state index is 0.716. The SMILES string of the molecule is CCc1cc2ccccc2nc1-c1cc(-c2ccc(C)cc2)no1. The molecule has 4 aromatic rings. The van der Waals surface area contributed by atoms with Crippen LogP contribution in [0.2, 0.25) is 0 Å². The maximum Gasteiger partial charge on any atom is 0.186 e. The first-order valence-electron chi connectivity index (χ1n) is 8.17. The van der Waals surface area contributed by atoms with Crippen LogP contribution >= 0.6 is 0 Å². The van der Waals surface area contributed by atoms with Crippen LogP contribution in [0.4, 0.5) is 0 Å². The summed E-state index contributed by atoms with van der Waals surface area (Å²) in [6.07, 6.45) is 0.897. The van der Waals surface area contributed by atoms with Crippen LogP contribution in [0.5, 0.6) is 0 Å². The van der Waals surface area contributed by atoms with Gasteiger partial charge in [-0.05, 0) is 31.0 Å². The summed E-state index contributed by atoms with van der Waals surface area (Å²) >= 11 is 0. The summed E-state index contributed by atoms with van der Waals surface area (Å²) in [6.45, 7) is 4.21. The lowest BCUT2D eigenvalue weighted by Gasteiger charge is -2.06. The van der Waals surface area contributed by atoms with Crippen molar-refractivity contribution >= 4 is 10.9 Å². The van der Waals surface area contributed by atoms with Crippen molar-refractivity contribution < 1.29 is 4.52 Å². The molecule has 0 aliphatic heterocycles. The summed E-state index contributed by atoms with van der Waals surface area (Å²) in [6, 6.07) is 20.6. The molecule has 0 aliphatic carbocycles. The van der Waals surface area contributed by atoms with Gasteiger partial charge in [0, 0.05) is 17.0 Å². The van der Waals surface area contributed by atoms with Crippen molar-refractivity contribution in [2.45, 2.75) is 20.3 Å². The van der Waals surface area contributed by atoms with Crippen LogP contribution in [0.25, 0.3) is 33.6 Å². The van der Waals surface area contributed by atoms with Gasteiger partial charge >= 0.3 is 0 Å². The number of hydrogen-bond donors (Lipinski definition) is 0. The lowest BCUT2D eigenvalue weighted by molar-refractivity contribution is 0.433. The molecular weight excluding hydrogens is 296 g/mol. The molecule has 0 bridgehead atoms. The van der Waals surface area contributed by atoms with Gasteiger partial charge < -0.3 is 4.52 Å². The van der Waals surface area contributed by atoms with Crippen LogP contribution in [0, 0.1) is 6.92 Å². The van der Waals surface area contributed by atoms with E-state index in [4.69, 9.17) is 9.51 Å². The molecule has 0 atom stereocenters. The Labute approximate surface area is 141 Å². The number of hydrogen-bond acceptors (Lipinski definition) is 3. The molecule has 3 nitrogen and oxygen atoms in total. The number of aromatic nitrogens is 2. The Morgan fingerprint density at radius 2 is 1.75 bits per heavy atom. The quantitative estimate of drug-likeness (QED) is 0.506. The van der Waals surface area contributed by atoms with Gasteiger partial charge in [0.15, 0.2) is 5.76 Å². The third-order valence-corrected chi connectivity index (χ3v) is 4.27. The van der Waals surface area contributed by atoms with Gasteiger partial charge in [-0.25, -0.2) is 4.98 Å². The molecule has 0 amide bonds. The highest BCUT2D eigenvalue weighted by molar-refractivity contribution is 5.83. The monoisotopic (exact) mass is 314 g/mol. The predicted molar refractivity (Wildman–Crippen MR) is 96.8 cm³/mol. The topological polar surface area (TPSA) is 38.9 Å². The standard InChI is InChI=1S/C21H18N2O/c1-3-15-12-17-6-4-5-7-18(17)22-21(15)20-13-19(23-24-20)16-10-8-14(2)9-11-16/h4-13H,3H2,1-2H3. The van der Waals surface area contributed by atoms with Crippen LogP contribution in [0.3, 0.4) is 0 Å². The molecule has 118 valence electrons. The first kappa shape index (κ1) is 14.6. The molecule has 24 heavy (non-hydrogen) atoms. The Bertz CT molecular complexity index is 1000. The minimum atomic E-state index is 0.716. The maximum absolute atomic E-state index is 5.61. The Morgan fingerprint density at radius 3 is 2.54 bits per heavy atom. The lowest BCUT2D eigenvalue weighted by atomic mass is 10.0. The van der Waals surface area contributed by atoms with Gasteiger partial charge in [-0.2, -0.15) is 0 Å². The number of fused-ring (bicyclic) bond motifs is 1. The van der Waals surface area contributed by atoms with Crippen molar-refractivity contribution in [2.24, 2.45) is 0 Å². The van der Waals surface area contributed by atoms with Crippen molar-refractivity contribution in [1.29, 1.82) is 0 Å². The van der Waals surface area contributed by atoms with Crippen LogP contribution in [0.15, 0.2) is 65.2 Å². The molecule has 0 radical (unpaired) electrons. The molecule has 0 N–H and O–H groups in total. The number of rotatable bonds is 3. The molecule has 0 unspecified atom stereocenters. The molecule has 0 saturated carbocycles. The zero-order valence-electron chi connectivity index (χ0n) is 13.8. The number of pyridine rings is 1. The van der Waals surface area contributed by atoms with Gasteiger partial charge in [0.1, 0.15) is 11.4 Å². The first-order chi connectivity index (χ1) is 11.7. The van der Waals surface area contributed by atoms with E-state index in [0.29, 0.717) is 5.76 Å². The van der Waals surface area contributed by atoms with E-state index < -0.39 is 0 Å². The molecule has 0 spiro atoms. The average molecular weight is 314 g/mol. The third-order valence-electron chi connectivity index (χ3n) is 4.27. The van der Waals surface area contributed by atoms with Crippen molar-refractivity contribution in [3.05, 3.63) is 71.8 Å². The van der Waals surface area contributed by atoms with Crippen LogP contribution in [-0.2, 0) is 6.42 Å². The fraction of sp³-hybridized carbons (Fsp3) is 0.143.